The van der Waals surface area contributed by atoms with E-state index < -0.39 is 0 Å². The molecule has 3 aromatic carbocycles. The van der Waals surface area contributed by atoms with Gasteiger partial charge in [0.05, 0.1) is 31.5 Å². The topological polar surface area (TPSA) is 65.8 Å². The number of carbonyl (C=O) groups excluding carboxylic acids is 1. The molecule has 1 atom stereocenters. The molecule has 0 N–H and O–H groups in total. The van der Waals surface area contributed by atoms with Gasteiger partial charge in [-0.3, -0.25) is 9.69 Å². The zero-order valence-electron chi connectivity index (χ0n) is 19.7. The Labute approximate surface area is 211 Å². The smallest absolute Gasteiger partial charge is 0.253 e. The van der Waals surface area contributed by atoms with Crippen LogP contribution in [-0.4, -0.2) is 55.5 Å². The number of hydrogen-bond donors (Lipinski definition) is 0. The fraction of sp³-hybridized carbons (Fsp3) is 0.286. The number of benzene rings is 3. The molecule has 0 bridgehead atoms. The van der Waals surface area contributed by atoms with Crippen LogP contribution in [0.1, 0.15) is 33.2 Å². The van der Waals surface area contributed by atoms with E-state index in [9.17, 15) is 4.79 Å². The average molecular weight is 490 g/mol. The van der Waals surface area contributed by atoms with Gasteiger partial charge in [0.1, 0.15) is 5.75 Å². The van der Waals surface area contributed by atoms with Gasteiger partial charge in [-0.15, -0.1) is 0 Å². The predicted molar refractivity (Wildman–Crippen MR) is 135 cm³/mol. The van der Waals surface area contributed by atoms with Crippen LogP contribution in [-0.2, 0) is 11.3 Å². The van der Waals surface area contributed by atoms with Gasteiger partial charge in [-0.25, -0.2) is 0 Å². The molecule has 7 heteroatoms. The normalized spacial score (nSPS) is 14.8. The highest BCUT2D eigenvalue weighted by atomic mass is 35.5. The Balaban J connectivity index is 1.39. The van der Waals surface area contributed by atoms with Crippen molar-refractivity contribution in [3.8, 4) is 11.8 Å². The molecule has 0 saturated carbocycles. The van der Waals surface area contributed by atoms with Gasteiger partial charge in [-0.1, -0.05) is 41.9 Å². The first-order chi connectivity index (χ1) is 17.1. The summed E-state index contributed by atoms with van der Waals surface area (Å²) in [5, 5.41) is 9.81. The van der Waals surface area contributed by atoms with Gasteiger partial charge in [-0.2, -0.15) is 5.26 Å². The number of rotatable bonds is 8. The molecule has 1 fully saturated rings. The third-order valence-electron chi connectivity index (χ3n) is 6.15. The molecule has 1 unspecified atom stereocenters. The molecule has 3 aromatic rings. The quantitative estimate of drug-likeness (QED) is 0.448. The molecule has 1 heterocycles. The Morgan fingerprint density at radius 1 is 1.03 bits per heavy atom. The highest BCUT2D eigenvalue weighted by Crippen LogP contribution is 2.24. The number of hydrogen-bond acceptors (Lipinski definition) is 5. The first kappa shape index (κ1) is 24.7. The first-order valence-electron chi connectivity index (χ1n) is 11.6. The molecule has 1 aliphatic heterocycles. The summed E-state index contributed by atoms with van der Waals surface area (Å²) in [4.78, 5) is 17.1. The lowest BCUT2D eigenvalue weighted by Gasteiger charge is -2.36. The van der Waals surface area contributed by atoms with Crippen molar-refractivity contribution in [2.45, 2.75) is 12.7 Å². The van der Waals surface area contributed by atoms with E-state index in [1.807, 2.05) is 53.4 Å². The molecular formula is C28H28ClN3O3. The number of ether oxygens (including phenoxy) is 2. The van der Waals surface area contributed by atoms with Crippen LogP contribution in [0.25, 0.3) is 0 Å². The van der Waals surface area contributed by atoms with Gasteiger partial charge < -0.3 is 14.4 Å². The van der Waals surface area contributed by atoms with Gasteiger partial charge in [0.25, 0.3) is 5.91 Å². The minimum absolute atomic E-state index is 0.0368. The van der Waals surface area contributed by atoms with Crippen molar-refractivity contribution in [3.63, 3.8) is 0 Å². The number of carbonyl (C=O) groups is 1. The Morgan fingerprint density at radius 3 is 2.49 bits per heavy atom. The van der Waals surface area contributed by atoms with E-state index in [1.54, 1.807) is 31.4 Å². The van der Waals surface area contributed by atoms with Crippen LogP contribution < -0.4 is 4.74 Å². The van der Waals surface area contributed by atoms with E-state index in [4.69, 9.17) is 26.3 Å². The van der Waals surface area contributed by atoms with Gasteiger partial charge in [-0.05, 0) is 53.6 Å². The number of nitrogens with zero attached hydrogens (tertiary/aromatic N) is 3. The molecule has 180 valence electrons. The predicted octanol–water partition coefficient (Wildman–Crippen LogP) is 4.94. The molecule has 1 aliphatic rings. The highest BCUT2D eigenvalue weighted by Gasteiger charge is 2.25. The number of amides is 1. The van der Waals surface area contributed by atoms with Crippen molar-refractivity contribution in [1.82, 2.24) is 9.80 Å². The van der Waals surface area contributed by atoms with E-state index in [0.29, 0.717) is 42.4 Å². The maximum absolute atomic E-state index is 12.9. The van der Waals surface area contributed by atoms with Gasteiger partial charge in [0, 0.05) is 43.3 Å². The van der Waals surface area contributed by atoms with Crippen molar-refractivity contribution >= 4 is 17.5 Å². The third-order valence-corrected chi connectivity index (χ3v) is 6.40. The second-order valence-electron chi connectivity index (χ2n) is 8.49. The third kappa shape index (κ3) is 6.61. The molecule has 35 heavy (non-hydrogen) atoms. The molecule has 4 rings (SSSR count). The van der Waals surface area contributed by atoms with Crippen LogP contribution in [0.5, 0.6) is 5.75 Å². The van der Waals surface area contributed by atoms with Crippen LogP contribution in [0.2, 0.25) is 5.02 Å². The van der Waals surface area contributed by atoms with Crippen LogP contribution in [0, 0.1) is 11.3 Å². The van der Waals surface area contributed by atoms with Crippen molar-refractivity contribution in [1.29, 1.82) is 5.26 Å². The average Bonchev–Trinajstić information content (AvgIpc) is 2.91. The summed E-state index contributed by atoms with van der Waals surface area (Å²) >= 11 is 6.11. The van der Waals surface area contributed by atoms with E-state index in [1.165, 1.54) is 0 Å². The Kier molecular flexibility index (Phi) is 8.38. The van der Waals surface area contributed by atoms with E-state index in [-0.39, 0.29) is 12.0 Å². The summed E-state index contributed by atoms with van der Waals surface area (Å²) in [6.45, 7) is 3.90. The first-order valence-corrected chi connectivity index (χ1v) is 12.0. The monoisotopic (exact) mass is 489 g/mol. The van der Waals surface area contributed by atoms with Crippen LogP contribution in [0.15, 0.2) is 72.8 Å². The maximum Gasteiger partial charge on any atom is 0.253 e. The number of piperazine rings is 1. The summed E-state index contributed by atoms with van der Waals surface area (Å²) in [5.74, 6) is 0.764. The van der Waals surface area contributed by atoms with Crippen molar-refractivity contribution in [2.75, 3.05) is 39.8 Å². The molecule has 0 spiro atoms. The molecule has 0 radical (unpaired) electrons. The van der Waals surface area contributed by atoms with Crippen LogP contribution >= 0.6 is 11.6 Å². The lowest BCUT2D eigenvalue weighted by molar-refractivity contribution is 0.00337. The number of methoxy groups -OCH3 is 1. The van der Waals surface area contributed by atoms with Crippen molar-refractivity contribution in [2.24, 2.45) is 0 Å². The highest BCUT2D eigenvalue weighted by molar-refractivity contribution is 6.30. The largest absolute Gasteiger partial charge is 0.497 e. The lowest BCUT2D eigenvalue weighted by Crippen LogP contribution is -2.49. The Morgan fingerprint density at radius 2 is 1.77 bits per heavy atom. The van der Waals surface area contributed by atoms with Gasteiger partial charge in [0.15, 0.2) is 0 Å². The second-order valence-corrected chi connectivity index (χ2v) is 8.92. The van der Waals surface area contributed by atoms with Crippen LogP contribution in [0.3, 0.4) is 0 Å². The van der Waals surface area contributed by atoms with E-state index in [2.05, 4.69) is 11.0 Å². The SMILES string of the molecule is COc1cccc(COC(CN2CCN(C(=O)c3cccc(C#N)c3)CC2)c2ccc(Cl)cc2)c1. The van der Waals surface area contributed by atoms with Crippen LogP contribution in [0.4, 0.5) is 0 Å². The fourth-order valence-electron chi connectivity index (χ4n) is 4.16. The minimum atomic E-state index is -0.145. The second kappa shape index (κ2) is 11.9. The fourth-order valence-corrected chi connectivity index (χ4v) is 4.29. The Hall–Kier alpha value is -3.37. The van der Waals surface area contributed by atoms with Gasteiger partial charge in [0.2, 0.25) is 0 Å². The molecular weight excluding hydrogens is 462 g/mol. The van der Waals surface area contributed by atoms with Crippen molar-refractivity contribution < 1.29 is 14.3 Å². The Bertz CT molecular complexity index is 1180. The summed E-state index contributed by atoms with van der Waals surface area (Å²) in [6.07, 6.45) is -0.145. The molecule has 0 aromatic heterocycles. The zero-order valence-corrected chi connectivity index (χ0v) is 20.4. The molecule has 1 amide bonds. The summed E-state index contributed by atoms with van der Waals surface area (Å²) < 4.78 is 11.7. The number of nitriles is 1. The van der Waals surface area contributed by atoms with E-state index in [0.717, 1.165) is 30.0 Å². The standard InChI is InChI=1S/C28H28ClN3O3/c1-34-26-7-3-5-22(17-26)20-35-27(23-8-10-25(29)11-9-23)19-31-12-14-32(15-13-31)28(33)24-6-2-4-21(16-24)18-30/h2-11,16-17,27H,12-15,19-20H2,1H3. The zero-order chi connectivity index (χ0) is 24.6. The maximum atomic E-state index is 12.9. The summed E-state index contributed by atoms with van der Waals surface area (Å²) in [5.41, 5.74) is 3.15. The number of halogens is 1. The van der Waals surface area contributed by atoms with Gasteiger partial charge >= 0.3 is 0 Å². The molecule has 0 aliphatic carbocycles. The lowest BCUT2D eigenvalue weighted by atomic mass is 10.1. The van der Waals surface area contributed by atoms with Crippen molar-refractivity contribution in [3.05, 3.63) is 100 Å². The summed E-state index contributed by atoms with van der Waals surface area (Å²) in [6, 6.07) is 24.6. The minimum Gasteiger partial charge on any atom is -0.497 e. The summed E-state index contributed by atoms with van der Waals surface area (Å²) in [7, 11) is 1.65. The molecule has 6 nitrogen and oxygen atoms in total. The molecule has 1 saturated heterocycles. The van der Waals surface area contributed by atoms with E-state index >= 15 is 0 Å².